The van der Waals surface area contributed by atoms with Crippen molar-refractivity contribution < 1.29 is 9.18 Å². The summed E-state index contributed by atoms with van der Waals surface area (Å²) in [7, 11) is 0. The molecule has 0 saturated carbocycles. The molecule has 2 aromatic rings. The van der Waals surface area contributed by atoms with Crippen LogP contribution in [-0.4, -0.2) is 53.0 Å². The number of hydrogen-bond acceptors (Lipinski definition) is 5. The van der Waals surface area contributed by atoms with Gasteiger partial charge in [0, 0.05) is 43.9 Å². The molecule has 162 valence electrons. The van der Waals surface area contributed by atoms with Gasteiger partial charge in [0.25, 0.3) is 0 Å². The lowest BCUT2D eigenvalue weighted by molar-refractivity contribution is -0.126. The molecule has 1 amide bonds. The van der Waals surface area contributed by atoms with Crippen molar-refractivity contribution in [3.05, 3.63) is 53.2 Å². The average Bonchev–Trinajstić information content (AvgIpc) is 2.73. The molecule has 1 aromatic heterocycles. The minimum Gasteiger partial charge on any atom is -0.354 e. The first kappa shape index (κ1) is 22.2. The van der Waals surface area contributed by atoms with Gasteiger partial charge in [0.1, 0.15) is 17.5 Å². The van der Waals surface area contributed by atoms with Gasteiger partial charge < -0.3 is 10.2 Å². The number of nitrogens with zero attached hydrogens (tertiary/aromatic N) is 4. The van der Waals surface area contributed by atoms with Gasteiger partial charge in [-0.25, -0.2) is 14.4 Å². The quantitative estimate of drug-likeness (QED) is 0.786. The number of amides is 1. The predicted octanol–water partition coefficient (Wildman–Crippen LogP) is 3.44. The first-order valence-corrected chi connectivity index (χ1v) is 10.6. The highest BCUT2D eigenvalue weighted by Crippen LogP contribution is 2.20. The van der Waals surface area contributed by atoms with Gasteiger partial charge in [0.2, 0.25) is 5.91 Å². The number of carbonyl (C=O) groups is 1. The molecule has 0 bridgehead atoms. The summed E-state index contributed by atoms with van der Waals surface area (Å²) in [5.74, 6) is 1.84. The van der Waals surface area contributed by atoms with Crippen LogP contribution in [0.2, 0.25) is 0 Å². The highest BCUT2D eigenvalue weighted by atomic mass is 19.1. The second-order valence-corrected chi connectivity index (χ2v) is 8.36. The molecule has 0 aliphatic carbocycles. The fraction of sp³-hybridized carbons (Fsp3) is 0.522. The lowest BCUT2D eigenvalue weighted by Crippen LogP contribution is -2.54. The minimum absolute atomic E-state index is 0.0137. The van der Waals surface area contributed by atoms with Crippen molar-refractivity contribution in [1.29, 1.82) is 0 Å². The first-order chi connectivity index (χ1) is 14.2. The number of aryl methyl sites for hydroxylation is 1. The molecule has 6 nitrogen and oxygen atoms in total. The molecule has 0 spiro atoms. The summed E-state index contributed by atoms with van der Waals surface area (Å²) in [6.45, 7) is 13.3. The van der Waals surface area contributed by atoms with E-state index in [1.54, 1.807) is 12.1 Å². The number of benzene rings is 1. The van der Waals surface area contributed by atoms with E-state index in [0.29, 0.717) is 0 Å². The SMILES string of the molecule is Cc1cc(N2CCN(C(C)C(=O)NC(C)c3ccc(F)cc3)CC2)nc(C(C)C)n1. The van der Waals surface area contributed by atoms with Crippen molar-refractivity contribution in [2.45, 2.75) is 52.6 Å². The predicted molar refractivity (Wildman–Crippen MR) is 117 cm³/mol. The summed E-state index contributed by atoms with van der Waals surface area (Å²) in [5, 5.41) is 3.05. The van der Waals surface area contributed by atoms with Crippen molar-refractivity contribution >= 4 is 11.7 Å². The van der Waals surface area contributed by atoms with Crippen molar-refractivity contribution in [3.63, 3.8) is 0 Å². The number of carbonyl (C=O) groups excluding carboxylic acids is 1. The van der Waals surface area contributed by atoms with Crippen molar-refractivity contribution in [1.82, 2.24) is 20.2 Å². The third-order valence-electron chi connectivity index (χ3n) is 5.67. The lowest BCUT2D eigenvalue weighted by Gasteiger charge is -2.38. The topological polar surface area (TPSA) is 61.4 Å². The summed E-state index contributed by atoms with van der Waals surface area (Å²) in [6.07, 6.45) is 0. The Morgan fingerprint density at radius 2 is 1.67 bits per heavy atom. The van der Waals surface area contributed by atoms with E-state index < -0.39 is 0 Å². The highest BCUT2D eigenvalue weighted by Gasteiger charge is 2.27. The Morgan fingerprint density at radius 1 is 1.03 bits per heavy atom. The highest BCUT2D eigenvalue weighted by molar-refractivity contribution is 5.81. The lowest BCUT2D eigenvalue weighted by atomic mass is 10.1. The molecule has 1 aliphatic rings. The fourth-order valence-electron chi connectivity index (χ4n) is 3.67. The molecule has 0 radical (unpaired) electrons. The van der Waals surface area contributed by atoms with Crippen molar-refractivity contribution in [2.75, 3.05) is 31.1 Å². The molecular weight excluding hydrogens is 381 g/mol. The Kier molecular flexibility index (Phi) is 7.02. The van der Waals surface area contributed by atoms with Crippen LogP contribution >= 0.6 is 0 Å². The normalized spacial score (nSPS) is 17.1. The molecule has 1 saturated heterocycles. The van der Waals surface area contributed by atoms with Gasteiger partial charge in [0.05, 0.1) is 12.1 Å². The maximum absolute atomic E-state index is 13.1. The zero-order chi connectivity index (χ0) is 21.8. The largest absolute Gasteiger partial charge is 0.354 e. The summed E-state index contributed by atoms with van der Waals surface area (Å²) in [5.41, 5.74) is 1.87. The molecule has 1 aliphatic heterocycles. The first-order valence-electron chi connectivity index (χ1n) is 10.6. The number of piperazine rings is 1. The maximum Gasteiger partial charge on any atom is 0.237 e. The van der Waals surface area contributed by atoms with Crippen LogP contribution in [0.5, 0.6) is 0 Å². The number of rotatable bonds is 6. The monoisotopic (exact) mass is 413 g/mol. The van der Waals surface area contributed by atoms with E-state index in [2.05, 4.69) is 33.9 Å². The molecule has 30 heavy (non-hydrogen) atoms. The number of anilines is 1. The molecule has 2 heterocycles. The zero-order valence-electron chi connectivity index (χ0n) is 18.5. The standard InChI is InChI=1S/C23H32FN5O/c1-15(2)22-25-16(3)14-21(27-22)29-12-10-28(11-13-29)18(5)23(30)26-17(4)19-6-8-20(24)9-7-19/h6-9,14-15,17-18H,10-13H2,1-5H3,(H,26,30). The van der Waals surface area contributed by atoms with Gasteiger partial charge in [-0.2, -0.15) is 0 Å². The Hall–Kier alpha value is -2.54. The van der Waals surface area contributed by atoms with Crippen LogP contribution in [0, 0.1) is 12.7 Å². The Balaban J connectivity index is 1.56. The smallest absolute Gasteiger partial charge is 0.237 e. The van der Waals surface area contributed by atoms with Crippen LogP contribution in [0.25, 0.3) is 0 Å². The van der Waals surface area contributed by atoms with E-state index in [-0.39, 0.29) is 29.7 Å². The zero-order valence-corrected chi connectivity index (χ0v) is 18.5. The molecular formula is C23H32FN5O. The van der Waals surface area contributed by atoms with Crippen molar-refractivity contribution in [3.8, 4) is 0 Å². The van der Waals surface area contributed by atoms with Crippen LogP contribution in [-0.2, 0) is 4.79 Å². The van der Waals surface area contributed by atoms with Crippen LogP contribution < -0.4 is 10.2 Å². The van der Waals surface area contributed by atoms with E-state index in [1.807, 2.05) is 26.8 Å². The van der Waals surface area contributed by atoms with E-state index in [4.69, 9.17) is 4.98 Å². The molecule has 2 unspecified atom stereocenters. The molecule has 1 N–H and O–H groups in total. The number of hydrogen-bond donors (Lipinski definition) is 1. The Labute approximate surface area is 178 Å². The van der Waals surface area contributed by atoms with Crippen LogP contribution in [0.15, 0.2) is 30.3 Å². The summed E-state index contributed by atoms with van der Waals surface area (Å²) in [6, 6.07) is 7.88. The molecule has 1 fully saturated rings. The second-order valence-electron chi connectivity index (χ2n) is 8.36. The number of halogens is 1. The van der Waals surface area contributed by atoms with Gasteiger partial charge in [0.15, 0.2) is 0 Å². The fourth-order valence-corrected chi connectivity index (χ4v) is 3.67. The van der Waals surface area contributed by atoms with Gasteiger partial charge in [-0.05, 0) is 38.5 Å². The van der Waals surface area contributed by atoms with Crippen LogP contribution in [0.1, 0.15) is 56.7 Å². The van der Waals surface area contributed by atoms with Gasteiger partial charge in [-0.15, -0.1) is 0 Å². The van der Waals surface area contributed by atoms with Gasteiger partial charge >= 0.3 is 0 Å². The third-order valence-corrected chi connectivity index (χ3v) is 5.67. The third kappa shape index (κ3) is 5.33. The van der Waals surface area contributed by atoms with E-state index in [9.17, 15) is 9.18 Å². The second kappa shape index (κ2) is 9.51. The number of nitrogens with one attached hydrogen (secondary N) is 1. The van der Waals surface area contributed by atoms with E-state index >= 15 is 0 Å². The van der Waals surface area contributed by atoms with Crippen molar-refractivity contribution in [2.24, 2.45) is 0 Å². The van der Waals surface area contributed by atoms with Gasteiger partial charge in [-0.1, -0.05) is 26.0 Å². The summed E-state index contributed by atoms with van der Waals surface area (Å²) >= 11 is 0. The van der Waals surface area contributed by atoms with E-state index in [0.717, 1.165) is 49.1 Å². The molecule has 7 heteroatoms. The molecule has 1 aromatic carbocycles. The van der Waals surface area contributed by atoms with Crippen LogP contribution in [0.3, 0.4) is 0 Å². The molecule has 2 atom stereocenters. The minimum atomic E-state index is -0.275. The summed E-state index contributed by atoms with van der Waals surface area (Å²) < 4.78 is 13.1. The van der Waals surface area contributed by atoms with Gasteiger partial charge in [-0.3, -0.25) is 9.69 Å². The van der Waals surface area contributed by atoms with E-state index in [1.165, 1.54) is 12.1 Å². The maximum atomic E-state index is 13.1. The molecule has 3 rings (SSSR count). The summed E-state index contributed by atoms with van der Waals surface area (Å²) in [4.78, 5) is 26.5. The Bertz CT molecular complexity index is 862. The number of aromatic nitrogens is 2. The Morgan fingerprint density at radius 3 is 2.27 bits per heavy atom. The van der Waals surface area contributed by atoms with Crippen LogP contribution in [0.4, 0.5) is 10.2 Å². The average molecular weight is 414 g/mol.